The van der Waals surface area contributed by atoms with Gasteiger partial charge in [-0.3, -0.25) is 4.90 Å². The van der Waals surface area contributed by atoms with Crippen molar-refractivity contribution in [3.8, 4) is 0 Å². The number of para-hydroxylation sites is 1. The Morgan fingerprint density at radius 1 is 1.21 bits per heavy atom. The number of anilines is 1. The number of ether oxygens (including phenoxy) is 1. The first-order valence-corrected chi connectivity index (χ1v) is 7.09. The molecule has 0 aliphatic rings. The van der Waals surface area contributed by atoms with Crippen LogP contribution in [0.3, 0.4) is 0 Å². The predicted octanol–water partition coefficient (Wildman–Crippen LogP) is 3.30. The van der Waals surface area contributed by atoms with Gasteiger partial charge in [-0.15, -0.1) is 0 Å². The first kappa shape index (κ1) is 16.0. The number of nitrogens with two attached hydrogens (primary N) is 1. The van der Waals surface area contributed by atoms with E-state index in [0.717, 1.165) is 38.2 Å². The molecule has 0 unspecified atom stereocenters. The summed E-state index contributed by atoms with van der Waals surface area (Å²) < 4.78 is 5.49. The number of nitrogens with zero attached hydrogens (tertiary/aromatic N) is 1. The van der Waals surface area contributed by atoms with Crippen LogP contribution in [0.5, 0.6) is 0 Å². The lowest BCUT2D eigenvalue weighted by molar-refractivity contribution is 0.00680. The van der Waals surface area contributed by atoms with Crippen LogP contribution in [0.4, 0.5) is 5.69 Å². The number of rotatable bonds is 8. The molecule has 0 amide bonds. The summed E-state index contributed by atoms with van der Waals surface area (Å²) in [7, 11) is 1.78. The normalized spacial score (nSPS) is 12.1. The third-order valence-corrected chi connectivity index (χ3v) is 3.57. The summed E-state index contributed by atoms with van der Waals surface area (Å²) in [5.41, 5.74) is 8.06. The molecule has 0 aromatic heterocycles. The van der Waals surface area contributed by atoms with E-state index in [0.29, 0.717) is 0 Å². The van der Waals surface area contributed by atoms with Crippen molar-refractivity contribution >= 4 is 5.69 Å². The zero-order valence-corrected chi connectivity index (χ0v) is 12.8. The molecule has 1 aromatic carbocycles. The molecule has 0 aliphatic carbocycles. The third-order valence-electron chi connectivity index (χ3n) is 3.57. The molecule has 0 saturated heterocycles. The Balaban J connectivity index is 2.60. The Morgan fingerprint density at radius 2 is 1.89 bits per heavy atom. The van der Waals surface area contributed by atoms with Crippen molar-refractivity contribution in [2.75, 3.05) is 25.9 Å². The fourth-order valence-electron chi connectivity index (χ4n) is 2.03. The number of benzene rings is 1. The summed E-state index contributed by atoms with van der Waals surface area (Å²) in [6.07, 6.45) is 2.18. The van der Waals surface area contributed by atoms with E-state index in [1.165, 1.54) is 5.56 Å². The van der Waals surface area contributed by atoms with Crippen molar-refractivity contribution in [1.82, 2.24) is 4.90 Å². The highest BCUT2D eigenvalue weighted by Gasteiger charge is 2.18. The predicted molar refractivity (Wildman–Crippen MR) is 82.1 cm³/mol. The first-order valence-electron chi connectivity index (χ1n) is 7.09. The second-order valence-corrected chi connectivity index (χ2v) is 5.69. The molecule has 0 saturated carbocycles. The van der Waals surface area contributed by atoms with E-state index in [2.05, 4.69) is 37.8 Å². The maximum absolute atomic E-state index is 6.02. The van der Waals surface area contributed by atoms with E-state index < -0.39 is 0 Å². The quantitative estimate of drug-likeness (QED) is 0.732. The lowest BCUT2D eigenvalue weighted by atomic mass is 10.0. The van der Waals surface area contributed by atoms with Crippen molar-refractivity contribution in [1.29, 1.82) is 0 Å². The van der Waals surface area contributed by atoms with Crippen LogP contribution in [-0.4, -0.2) is 30.7 Å². The molecule has 1 aromatic rings. The summed E-state index contributed by atoms with van der Waals surface area (Å²) in [6.45, 7) is 9.52. The molecular formula is C16H28N2O. The minimum Gasteiger partial charge on any atom is -0.398 e. The molecule has 2 N–H and O–H groups in total. The Bertz CT molecular complexity index is 377. The number of hydrogen-bond donors (Lipinski definition) is 1. The van der Waals surface area contributed by atoms with Gasteiger partial charge >= 0.3 is 0 Å². The summed E-state index contributed by atoms with van der Waals surface area (Å²) in [6, 6.07) is 8.12. The minimum absolute atomic E-state index is 0.0613. The van der Waals surface area contributed by atoms with Crippen molar-refractivity contribution in [3.63, 3.8) is 0 Å². The van der Waals surface area contributed by atoms with Crippen LogP contribution in [0.2, 0.25) is 0 Å². The molecule has 0 aliphatic heterocycles. The molecule has 0 fully saturated rings. The van der Waals surface area contributed by atoms with Gasteiger partial charge in [-0.2, -0.15) is 0 Å². The van der Waals surface area contributed by atoms with Crippen molar-refractivity contribution in [3.05, 3.63) is 29.8 Å². The fraction of sp³-hybridized carbons (Fsp3) is 0.625. The Hall–Kier alpha value is -1.06. The molecule has 0 radical (unpaired) electrons. The third kappa shape index (κ3) is 5.62. The highest BCUT2D eigenvalue weighted by atomic mass is 16.5. The van der Waals surface area contributed by atoms with Gasteiger partial charge in [-0.25, -0.2) is 0 Å². The zero-order valence-electron chi connectivity index (χ0n) is 12.8. The molecule has 3 heteroatoms. The van der Waals surface area contributed by atoms with E-state index in [9.17, 15) is 0 Å². The van der Waals surface area contributed by atoms with Gasteiger partial charge in [0, 0.05) is 25.9 Å². The van der Waals surface area contributed by atoms with Crippen LogP contribution in [0, 0.1) is 0 Å². The standard InChI is InChI=1S/C16H28N2O/c1-5-11-18(12-10-16(2,3)19-4)13-14-8-6-7-9-15(14)17/h6-9H,5,10-13,17H2,1-4H3. The maximum atomic E-state index is 6.02. The van der Waals surface area contributed by atoms with Gasteiger partial charge in [0.2, 0.25) is 0 Å². The van der Waals surface area contributed by atoms with Gasteiger partial charge < -0.3 is 10.5 Å². The summed E-state index contributed by atoms with van der Waals surface area (Å²) in [5, 5.41) is 0. The molecule has 0 spiro atoms. The maximum Gasteiger partial charge on any atom is 0.0634 e. The van der Waals surface area contributed by atoms with E-state index >= 15 is 0 Å². The Labute approximate surface area is 117 Å². The van der Waals surface area contributed by atoms with Crippen LogP contribution < -0.4 is 5.73 Å². The molecular weight excluding hydrogens is 236 g/mol. The van der Waals surface area contributed by atoms with E-state index in [1.807, 2.05) is 12.1 Å². The topological polar surface area (TPSA) is 38.5 Å². The van der Waals surface area contributed by atoms with Gasteiger partial charge in [0.15, 0.2) is 0 Å². The second kappa shape index (κ2) is 7.51. The molecule has 0 atom stereocenters. The van der Waals surface area contributed by atoms with E-state index in [-0.39, 0.29) is 5.60 Å². The molecule has 3 nitrogen and oxygen atoms in total. The average Bonchev–Trinajstić information content (AvgIpc) is 2.39. The van der Waals surface area contributed by atoms with Crippen molar-refractivity contribution in [2.24, 2.45) is 0 Å². The van der Waals surface area contributed by atoms with Crippen molar-refractivity contribution in [2.45, 2.75) is 45.8 Å². The molecule has 0 bridgehead atoms. The zero-order chi connectivity index (χ0) is 14.3. The molecule has 1 rings (SSSR count). The van der Waals surface area contributed by atoms with Gasteiger partial charge in [0.1, 0.15) is 0 Å². The van der Waals surface area contributed by atoms with Gasteiger partial charge in [-0.1, -0.05) is 25.1 Å². The Kier molecular flexibility index (Phi) is 6.32. The lowest BCUT2D eigenvalue weighted by Gasteiger charge is -2.28. The van der Waals surface area contributed by atoms with E-state index in [1.54, 1.807) is 7.11 Å². The monoisotopic (exact) mass is 264 g/mol. The number of methoxy groups -OCH3 is 1. The summed E-state index contributed by atoms with van der Waals surface area (Å²) in [4.78, 5) is 2.45. The van der Waals surface area contributed by atoms with E-state index in [4.69, 9.17) is 10.5 Å². The van der Waals surface area contributed by atoms with Gasteiger partial charge in [0.25, 0.3) is 0 Å². The summed E-state index contributed by atoms with van der Waals surface area (Å²) in [5.74, 6) is 0. The lowest BCUT2D eigenvalue weighted by Crippen LogP contribution is -2.32. The smallest absolute Gasteiger partial charge is 0.0634 e. The number of nitrogen functional groups attached to an aromatic ring is 1. The van der Waals surface area contributed by atoms with Crippen LogP contribution in [0.15, 0.2) is 24.3 Å². The average molecular weight is 264 g/mol. The highest BCUT2D eigenvalue weighted by molar-refractivity contribution is 5.46. The van der Waals surface area contributed by atoms with Gasteiger partial charge in [0.05, 0.1) is 5.60 Å². The van der Waals surface area contributed by atoms with Crippen LogP contribution in [0.25, 0.3) is 0 Å². The molecule has 0 heterocycles. The van der Waals surface area contributed by atoms with Gasteiger partial charge in [-0.05, 0) is 44.9 Å². The van der Waals surface area contributed by atoms with Crippen molar-refractivity contribution < 1.29 is 4.74 Å². The van der Waals surface area contributed by atoms with Crippen LogP contribution >= 0.6 is 0 Å². The second-order valence-electron chi connectivity index (χ2n) is 5.69. The number of hydrogen-bond acceptors (Lipinski definition) is 3. The Morgan fingerprint density at radius 3 is 2.47 bits per heavy atom. The molecule has 108 valence electrons. The fourth-order valence-corrected chi connectivity index (χ4v) is 2.03. The highest BCUT2D eigenvalue weighted by Crippen LogP contribution is 2.17. The first-order chi connectivity index (χ1) is 8.98. The summed E-state index contributed by atoms with van der Waals surface area (Å²) >= 11 is 0. The van der Waals surface area contributed by atoms with Crippen LogP contribution in [-0.2, 0) is 11.3 Å². The molecule has 19 heavy (non-hydrogen) atoms. The SMILES string of the molecule is CCCN(CCC(C)(C)OC)Cc1ccccc1N. The largest absolute Gasteiger partial charge is 0.398 e. The van der Waals surface area contributed by atoms with Crippen LogP contribution in [0.1, 0.15) is 39.2 Å². The minimum atomic E-state index is -0.0613.